The molecule has 0 aliphatic carbocycles. The maximum Gasteiger partial charge on any atom is 0.395 e. The van der Waals surface area contributed by atoms with Gasteiger partial charge in [0.2, 0.25) is 0 Å². The van der Waals surface area contributed by atoms with Crippen molar-refractivity contribution in [2.45, 2.75) is 25.1 Å². The van der Waals surface area contributed by atoms with E-state index in [-0.39, 0.29) is 12.2 Å². The lowest BCUT2D eigenvalue weighted by Gasteiger charge is -2.19. The van der Waals surface area contributed by atoms with Crippen LogP contribution in [-0.2, 0) is 22.1 Å². The third-order valence-corrected chi connectivity index (χ3v) is 5.66. The lowest BCUT2D eigenvalue weighted by molar-refractivity contribution is -0.190. The molecule has 2 N–H and O–H groups in total. The number of halogens is 5. The Morgan fingerprint density at radius 1 is 0.676 bits per heavy atom. The second kappa shape index (κ2) is 10.4. The minimum atomic E-state index is -5.07. The van der Waals surface area contributed by atoms with Crippen LogP contribution in [0.3, 0.4) is 0 Å². The molecule has 4 aromatic rings. The number of amides is 2. The van der Waals surface area contributed by atoms with Crippen LogP contribution in [0, 0.1) is 0 Å². The third-order valence-electron chi connectivity index (χ3n) is 5.66. The summed E-state index contributed by atoms with van der Waals surface area (Å²) in [5.41, 5.74) is 1.57. The molecule has 0 aliphatic heterocycles. The molecule has 4 nitrogen and oxygen atoms in total. The molecule has 0 saturated carbocycles. The van der Waals surface area contributed by atoms with Crippen molar-refractivity contribution in [3.63, 3.8) is 0 Å². The monoisotopic (exact) mass is 512 g/mol. The standard InChI is InChI=1S/C28H21F5N2O2/c29-27(30,17-28(31,32)33)23-6-3-7-24(15-23)35-26(37)25(36)34-16-18-8-10-20(11-9-18)22-13-12-19-4-1-2-5-21(19)14-22/h1-15H,16-17H2,(H,34,36)(H,35,37). The topological polar surface area (TPSA) is 58.2 Å². The number of nitrogens with one attached hydrogen (secondary N) is 2. The van der Waals surface area contributed by atoms with Crippen LogP contribution in [0.1, 0.15) is 17.5 Å². The smallest absolute Gasteiger partial charge is 0.344 e. The van der Waals surface area contributed by atoms with E-state index in [1.807, 2.05) is 48.5 Å². The van der Waals surface area contributed by atoms with E-state index in [4.69, 9.17) is 0 Å². The van der Waals surface area contributed by atoms with Gasteiger partial charge in [-0.1, -0.05) is 72.8 Å². The molecule has 0 saturated heterocycles. The molecule has 0 heterocycles. The summed E-state index contributed by atoms with van der Waals surface area (Å²) >= 11 is 0. The van der Waals surface area contributed by atoms with Crippen molar-refractivity contribution >= 4 is 28.3 Å². The van der Waals surface area contributed by atoms with Crippen LogP contribution in [0.5, 0.6) is 0 Å². The van der Waals surface area contributed by atoms with Gasteiger partial charge in [-0.05, 0) is 45.7 Å². The number of hydrogen-bond donors (Lipinski definition) is 2. The average molecular weight is 512 g/mol. The summed E-state index contributed by atoms with van der Waals surface area (Å²) in [5, 5.41) is 6.80. The van der Waals surface area contributed by atoms with Gasteiger partial charge in [0.05, 0.1) is 0 Å². The Bertz CT molecular complexity index is 1430. The Kier molecular flexibility index (Phi) is 7.24. The van der Waals surface area contributed by atoms with E-state index in [9.17, 15) is 31.5 Å². The maximum absolute atomic E-state index is 13.9. The number of benzene rings is 4. The van der Waals surface area contributed by atoms with Gasteiger partial charge >= 0.3 is 18.0 Å². The molecule has 0 unspecified atom stereocenters. The summed E-state index contributed by atoms with van der Waals surface area (Å²) in [6.45, 7) is 0.0357. The summed E-state index contributed by atoms with van der Waals surface area (Å²) in [6, 6.07) is 25.3. The maximum atomic E-state index is 13.9. The highest BCUT2D eigenvalue weighted by Gasteiger charge is 2.44. The summed E-state index contributed by atoms with van der Waals surface area (Å²) in [7, 11) is 0. The summed E-state index contributed by atoms with van der Waals surface area (Å²) < 4.78 is 65.2. The summed E-state index contributed by atoms with van der Waals surface area (Å²) in [4.78, 5) is 24.4. The quantitative estimate of drug-likeness (QED) is 0.220. The van der Waals surface area contributed by atoms with Gasteiger partial charge in [0, 0.05) is 17.8 Å². The van der Waals surface area contributed by atoms with Crippen molar-refractivity contribution in [2.24, 2.45) is 0 Å². The minimum absolute atomic E-state index is 0.0357. The van der Waals surface area contributed by atoms with Gasteiger partial charge in [-0.25, -0.2) is 8.78 Å². The van der Waals surface area contributed by atoms with Gasteiger partial charge in [0.1, 0.15) is 6.42 Å². The first kappa shape index (κ1) is 25.8. The van der Waals surface area contributed by atoms with E-state index in [0.717, 1.165) is 39.6 Å². The van der Waals surface area contributed by atoms with Crippen molar-refractivity contribution < 1.29 is 31.5 Å². The van der Waals surface area contributed by atoms with E-state index in [2.05, 4.69) is 16.7 Å². The number of fused-ring (bicyclic) bond motifs is 1. The van der Waals surface area contributed by atoms with Crippen molar-refractivity contribution in [1.29, 1.82) is 0 Å². The molecule has 0 atom stereocenters. The lowest BCUT2D eigenvalue weighted by Crippen LogP contribution is -2.35. The van der Waals surface area contributed by atoms with Gasteiger partial charge in [-0.3, -0.25) is 9.59 Å². The molecule has 4 rings (SSSR count). The van der Waals surface area contributed by atoms with Crippen molar-refractivity contribution in [2.75, 3.05) is 5.32 Å². The molecule has 2 amide bonds. The molecular formula is C28H21F5N2O2. The number of anilines is 1. The molecule has 0 bridgehead atoms. The van der Waals surface area contributed by atoms with Gasteiger partial charge < -0.3 is 10.6 Å². The SMILES string of the molecule is O=C(NCc1ccc(-c2ccc3ccccc3c2)cc1)C(=O)Nc1cccc(C(F)(F)CC(F)(F)F)c1. The third kappa shape index (κ3) is 6.69. The Morgan fingerprint density at radius 2 is 1.35 bits per heavy atom. The number of hydrogen-bond acceptors (Lipinski definition) is 2. The largest absolute Gasteiger partial charge is 0.395 e. The van der Waals surface area contributed by atoms with E-state index < -0.39 is 35.9 Å². The first-order valence-corrected chi connectivity index (χ1v) is 11.2. The molecule has 9 heteroatoms. The number of carbonyl (C=O) groups excluding carboxylic acids is 2. The van der Waals surface area contributed by atoms with E-state index in [1.54, 1.807) is 12.1 Å². The second-order valence-corrected chi connectivity index (χ2v) is 8.47. The first-order valence-electron chi connectivity index (χ1n) is 11.2. The molecular weight excluding hydrogens is 491 g/mol. The number of rotatable bonds is 6. The minimum Gasteiger partial charge on any atom is -0.344 e. The second-order valence-electron chi connectivity index (χ2n) is 8.47. The van der Waals surface area contributed by atoms with Crippen LogP contribution < -0.4 is 10.6 Å². The van der Waals surface area contributed by atoms with Crippen LogP contribution in [0.25, 0.3) is 21.9 Å². The van der Waals surface area contributed by atoms with E-state index >= 15 is 0 Å². The predicted octanol–water partition coefficient (Wildman–Crippen LogP) is 6.81. The number of alkyl halides is 5. The molecule has 0 radical (unpaired) electrons. The summed E-state index contributed by atoms with van der Waals surface area (Å²) in [5.74, 6) is -6.34. The Hall–Kier alpha value is -4.27. The van der Waals surface area contributed by atoms with Gasteiger partial charge in [-0.2, -0.15) is 13.2 Å². The van der Waals surface area contributed by atoms with Crippen molar-refractivity contribution in [3.05, 3.63) is 102 Å². The first-order chi connectivity index (χ1) is 17.5. The fourth-order valence-electron chi connectivity index (χ4n) is 3.81. The molecule has 0 aliphatic rings. The van der Waals surface area contributed by atoms with Crippen LogP contribution in [0.15, 0.2) is 91.0 Å². The van der Waals surface area contributed by atoms with Crippen LogP contribution >= 0.6 is 0 Å². The van der Waals surface area contributed by atoms with Crippen LogP contribution in [0.2, 0.25) is 0 Å². The molecule has 0 spiro atoms. The summed E-state index contributed by atoms with van der Waals surface area (Å²) in [6.07, 6.45) is -7.41. The zero-order valence-corrected chi connectivity index (χ0v) is 19.3. The molecule has 190 valence electrons. The fourth-order valence-corrected chi connectivity index (χ4v) is 3.81. The van der Waals surface area contributed by atoms with Crippen LogP contribution in [0.4, 0.5) is 27.6 Å². The Labute approximate surface area is 209 Å². The lowest BCUT2D eigenvalue weighted by atomic mass is 10.0. The Morgan fingerprint density at radius 3 is 2.05 bits per heavy atom. The normalized spacial score (nSPS) is 11.8. The molecule has 37 heavy (non-hydrogen) atoms. The zero-order chi connectivity index (χ0) is 26.6. The van der Waals surface area contributed by atoms with Gasteiger partial charge in [-0.15, -0.1) is 0 Å². The van der Waals surface area contributed by atoms with Gasteiger partial charge in [0.15, 0.2) is 0 Å². The number of carbonyl (C=O) groups is 2. The van der Waals surface area contributed by atoms with Crippen LogP contribution in [-0.4, -0.2) is 18.0 Å². The fraction of sp³-hybridized carbons (Fsp3) is 0.143. The zero-order valence-electron chi connectivity index (χ0n) is 19.3. The van der Waals surface area contributed by atoms with E-state index in [0.29, 0.717) is 6.07 Å². The Balaban J connectivity index is 1.35. The molecule has 0 fully saturated rings. The predicted molar refractivity (Wildman–Crippen MR) is 131 cm³/mol. The van der Waals surface area contributed by atoms with Crippen molar-refractivity contribution in [3.8, 4) is 11.1 Å². The van der Waals surface area contributed by atoms with Crippen molar-refractivity contribution in [1.82, 2.24) is 5.32 Å². The highest BCUT2D eigenvalue weighted by Crippen LogP contribution is 2.39. The highest BCUT2D eigenvalue weighted by atomic mass is 19.4. The highest BCUT2D eigenvalue weighted by molar-refractivity contribution is 6.39. The van der Waals surface area contributed by atoms with Gasteiger partial charge in [0.25, 0.3) is 5.92 Å². The average Bonchev–Trinajstić information content (AvgIpc) is 2.86. The van der Waals surface area contributed by atoms with E-state index in [1.165, 1.54) is 6.07 Å². The molecule has 0 aromatic heterocycles. The molecule has 4 aromatic carbocycles.